The smallest absolute Gasteiger partial charge is 0.328 e. The molecular weight excluding hydrogens is 454 g/mol. The number of aromatic amines is 1. The lowest BCUT2D eigenvalue weighted by Gasteiger charge is -2.05. The maximum Gasteiger partial charge on any atom is 0.328 e. The van der Waals surface area contributed by atoms with Crippen LogP contribution in [-0.4, -0.2) is 32.1 Å². The zero-order valence-electron chi connectivity index (χ0n) is 18.1. The van der Waals surface area contributed by atoms with E-state index in [-0.39, 0.29) is 11.4 Å². The van der Waals surface area contributed by atoms with Crippen LogP contribution in [0.3, 0.4) is 0 Å². The fourth-order valence-electron chi connectivity index (χ4n) is 3.47. The second-order valence-corrected chi connectivity index (χ2v) is 7.55. The summed E-state index contributed by atoms with van der Waals surface area (Å²) >= 11 is 0. The lowest BCUT2D eigenvalue weighted by molar-refractivity contribution is -0.132. The zero-order chi connectivity index (χ0) is 24.9. The van der Waals surface area contributed by atoms with Crippen LogP contribution >= 0.6 is 0 Å². The molecule has 0 saturated carbocycles. The Morgan fingerprint density at radius 2 is 1.20 bits per heavy atom. The lowest BCUT2D eigenvalue weighted by Crippen LogP contribution is -1.87. The van der Waals surface area contributed by atoms with E-state index in [0.29, 0.717) is 28.1 Å². The number of halogens is 2. The predicted molar refractivity (Wildman–Crippen MR) is 128 cm³/mol. The summed E-state index contributed by atoms with van der Waals surface area (Å²) in [6.07, 6.45) is 4.99. The molecule has 0 spiro atoms. The Labute approximate surface area is 198 Å². The van der Waals surface area contributed by atoms with Gasteiger partial charge in [0.25, 0.3) is 0 Å². The van der Waals surface area contributed by atoms with Crippen molar-refractivity contribution in [2.24, 2.45) is 0 Å². The summed E-state index contributed by atoms with van der Waals surface area (Å²) in [7, 11) is 0. The topological polar surface area (TPSA) is 103 Å². The summed E-state index contributed by atoms with van der Waals surface area (Å²) < 4.78 is 27.7. The second-order valence-electron chi connectivity index (χ2n) is 7.55. The largest absolute Gasteiger partial charge is 0.478 e. The van der Waals surface area contributed by atoms with Gasteiger partial charge in [-0.25, -0.2) is 23.4 Å². The van der Waals surface area contributed by atoms with Crippen LogP contribution in [0.5, 0.6) is 0 Å². The van der Waals surface area contributed by atoms with Gasteiger partial charge in [-0.3, -0.25) is 0 Å². The molecule has 0 fully saturated rings. The van der Waals surface area contributed by atoms with Crippen LogP contribution in [0.1, 0.15) is 11.1 Å². The summed E-state index contributed by atoms with van der Waals surface area (Å²) in [5.41, 5.74) is 4.12. The van der Waals surface area contributed by atoms with Crippen LogP contribution in [0.15, 0.2) is 78.9 Å². The molecule has 1 heterocycles. The van der Waals surface area contributed by atoms with Crippen LogP contribution in [0.2, 0.25) is 0 Å². The van der Waals surface area contributed by atoms with E-state index >= 15 is 0 Å². The van der Waals surface area contributed by atoms with Gasteiger partial charge in [0.2, 0.25) is 0 Å². The minimum absolute atomic E-state index is 0.233. The van der Waals surface area contributed by atoms with E-state index in [1.807, 2.05) is 0 Å². The molecule has 6 nitrogen and oxygen atoms in total. The Balaban J connectivity index is 1.79. The van der Waals surface area contributed by atoms with Crippen molar-refractivity contribution in [3.63, 3.8) is 0 Å². The maximum atomic E-state index is 13.8. The number of aromatic nitrogens is 2. The van der Waals surface area contributed by atoms with Crippen molar-refractivity contribution in [1.82, 2.24) is 9.97 Å². The van der Waals surface area contributed by atoms with E-state index in [1.165, 1.54) is 24.3 Å². The van der Waals surface area contributed by atoms with Crippen LogP contribution in [0.4, 0.5) is 8.78 Å². The molecule has 0 unspecified atom stereocenters. The highest BCUT2D eigenvalue weighted by molar-refractivity contribution is 5.87. The first-order chi connectivity index (χ1) is 16.8. The Morgan fingerprint density at radius 1 is 0.714 bits per heavy atom. The number of hydrogen-bond donors (Lipinski definition) is 3. The summed E-state index contributed by atoms with van der Waals surface area (Å²) in [6, 6.07) is 17.1. The molecule has 174 valence electrons. The van der Waals surface area contributed by atoms with E-state index in [2.05, 4.69) is 9.97 Å². The number of carbonyl (C=O) groups is 2. The first-order valence-corrected chi connectivity index (χ1v) is 10.4. The van der Waals surface area contributed by atoms with Crippen molar-refractivity contribution in [3.05, 3.63) is 102 Å². The summed E-state index contributed by atoms with van der Waals surface area (Å²) in [4.78, 5) is 29.3. The normalized spacial score (nSPS) is 11.4. The fraction of sp³-hybridized carbons (Fsp3) is 0. The summed E-state index contributed by atoms with van der Waals surface area (Å²) in [6.45, 7) is 0. The third-order valence-corrected chi connectivity index (χ3v) is 5.06. The van der Waals surface area contributed by atoms with Crippen LogP contribution in [-0.2, 0) is 9.59 Å². The van der Waals surface area contributed by atoms with Gasteiger partial charge in [-0.15, -0.1) is 0 Å². The molecule has 8 heteroatoms. The van der Waals surface area contributed by atoms with Gasteiger partial charge in [0.15, 0.2) is 0 Å². The number of imidazole rings is 1. The van der Waals surface area contributed by atoms with Crippen LogP contribution < -0.4 is 0 Å². The van der Waals surface area contributed by atoms with Crippen molar-refractivity contribution >= 4 is 24.1 Å². The monoisotopic (exact) mass is 472 g/mol. The zero-order valence-corrected chi connectivity index (χ0v) is 18.1. The lowest BCUT2D eigenvalue weighted by atomic mass is 10.0. The molecule has 3 aromatic carbocycles. The number of rotatable bonds is 7. The highest BCUT2D eigenvalue weighted by atomic mass is 19.1. The minimum atomic E-state index is -1.06. The highest BCUT2D eigenvalue weighted by Crippen LogP contribution is 2.34. The highest BCUT2D eigenvalue weighted by Gasteiger charge is 2.16. The van der Waals surface area contributed by atoms with Crippen molar-refractivity contribution in [1.29, 1.82) is 0 Å². The molecule has 0 radical (unpaired) electrons. The van der Waals surface area contributed by atoms with Gasteiger partial charge >= 0.3 is 11.9 Å². The first-order valence-electron chi connectivity index (χ1n) is 10.4. The van der Waals surface area contributed by atoms with Gasteiger partial charge in [0.1, 0.15) is 17.5 Å². The molecule has 0 aliphatic rings. The first kappa shape index (κ1) is 23.3. The number of aliphatic carboxylic acids is 2. The molecule has 3 N–H and O–H groups in total. The van der Waals surface area contributed by atoms with Crippen molar-refractivity contribution < 1.29 is 28.6 Å². The van der Waals surface area contributed by atoms with E-state index < -0.39 is 23.6 Å². The van der Waals surface area contributed by atoms with Crippen molar-refractivity contribution in [3.8, 4) is 33.9 Å². The Morgan fingerprint density at radius 3 is 1.69 bits per heavy atom. The number of nitrogens with zero attached hydrogens (tertiary/aromatic N) is 1. The van der Waals surface area contributed by atoms with E-state index in [0.717, 1.165) is 23.8 Å². The van der Waals surface area contributed by atoms with Gasteiger partial charge in [-0.05, 0) is 35.4 Å². The standard InChI is InChI=1S/C27H18F2N2O4/c28-21-13-20(14-22(29)15-21)27-30-25(18-7-1-16(2-8-18)5-11-23(32)33)26(31-27)19-9-3-17(4-10-19)6-12-24(34)35/h1-15H,(H,30,31)(H,32,33)(H,34,35). The molecule has 0 saturated heterocycles. The van der Waals surface area contributed by atoms with Gasteiger partial charge in [0, 0.05) is 34.9 Å². The number of carboxylic acid groups (broad SMARTS) is 2. The molecule has 0 aliphatic heterocycles. The fourth-order valence-corrected chi connectivity index (χ4v) is 3.47. The molecule has 4 rings (SSSR count). The number of benzene rings is 3. The van der Waals surface area contributed by atoms with Gasteiger partial charge < -0.3 is 15.2 Å². The van der Waals surface area contributed by atoms with Crippen molar-refractivity contribution in [2.45, 2.75) is 0 Å². The molecule has 0 atom stereocenters. The Bertz CT molecular complexity index is 1350. The molecule has 0 aliphatic carbocycles. The van der Waals surface area contributed by atoms with E-state index in [1.54, 1.807) is 48.5 Å². The SMILES string of the molecule is O=C(O)C=Cc1ccc(-c2nc(-c3cc(F)cc(F)c3)[nH]c2-c2ccc(C=CC(=O)O)cc2)cc1. The van der Waals surface area contributed by atoms with Gasteiger partial charge in [-0.2, -0.15) is 0 Å². The van der Waals surface area contributed by atoms with Gasteiger partial charge in [-0.1, -0.05) is 48.5 Å². The average molecular weight is 472 g/mol. The van der Waals surface area contributed by atoms with Crippen molar-refractivity contribution in [2.75, 3.05) is 0 Å². The molecule has 0 amide bonds. The van der Waals surface area contributed by atoms with Crippen LogP contribution in [0.25, 0.3) is 46.1 Å². The third-order valence-electron chi connectivity index (χ3n) is 5.06. The molecule has 1 aromatic heterocycles. The molecule has 35 heavy (non-hydrogen) atoms. The molecule has 4 aromatic rings. The number of nitrogens with one attached hydrogen (secondary N) is 1. The van der Waals surface area contributed by atoms with Crippen LogP contribution in [0, 0.1) is 11.6 Å². The minimum Gasteiger partial charge on any atom is -0.478 e. The molecular formula is C27H18F2N2O4. The number of hydrogen-bond acceptors (Lipinski definition) is 3. The quantitative estimate of drug-likeness (QED) is 0.291. The average Bonchev–Trinajstić information content (AvgIpc) is 3.27. The Hall–Kier alpha value is -4.85. The van der Waals surface area contributed by atoms with E-state index in [4.69, 9.17) is 10.2 Å². The number of H-pyrrole nitrogens is 1. The van der Waals surface area contributed by atoms with E-state index in [9.17, 15) is 18.4 Å². The van der Waals surface area contributed by atoms with Gasteiger partial charge in [0.05, 0.1) is 11.4 Å². The summed E-state index contributed by atoms with van der Waals surface area (Å²) in [5.74, 6) is -3.32. The maximum absolute atomic E-state index is 13.8. The second kappa shape index (κ2) is 9.96. The number of carboxylic acids is 2. The predicted octanol–water partition coefficient (Wildman–Crippen LogP) is 5.88. The summed E-state index contributed by atoms with van der Waals surface area (Å²) in [5, 5.41) is 17.6. The Kier molecular flexibility index (Phi) is 6.64. The molecule has 0 bridgehead atoms. The third kappa shape index (κ3) is 5.75.